The first kappa shape index (κ1) is 11.0. The first-order valence-electron chi connectivity index (χ1n) is 4.83. The lowest BCUT2D eigenvalue weighted by molar-refractivity contribution is 0.428. The van der Waals surface area contributed by atoms with Crippen LogP contribution in [0.3, 0.4) is 0 Å². The summed E-state index contributed by atoms with van der Waals surface area (Å²) in [5.41, 5.74) is 6.67. The second-order valence-corrected chi connectivity index (χ2v) is 4.55. The van der Waals surface area contributed by atoms with E-state index in [1.165, 1.54) is 0 Å². The van der Waals surface area contributed by atoms with Crippen LogP contribution < -0.4 is 11.4 Å². The third-order valence-corrected chi connectivity index (χ3v) is 2.32. The zero-order valence-electron chi connectivity index (χ0n) is 9.37. The van der Waals surface area contributed by atoms with Gasteiger partial charge in [0, 0.05) is 31.0 Å². The lowest BCUT2D eigenvalue weighted by Crippen LogP contribution is -2.35. The maximum absolute atomic E-state index is 11.6. The Morgan fingerprint density at radius 1 is 1.50 bits per heavy atom. The van der Waals surface area contributed by atoms with Gasteiger partial charge in [0.1, 0.15) is 0 Å². The lowest BCUT2D eigenvalue weighted by atomic mass is 10.0. The average Bonchev–Trinajstić information content (AvgIpc) is 2.23. The van der Waals surface area contributed by atoms with Gasteiger partial charge in [0.25, 0.3) is 0 Å². The van der Waals surface area contributed by atoms with Crippen molar-refractivity contribution in [1.82, 2.24) is 9.13 Å². The molecule has 0 spiro atoms. The maximum Gasteiger partial charge on any atom is 0.328 e. The van der Waals surface area contributed by atoms with Crippen LogP contribution in [-0.4, -0.2) is 14.7 Å². The number of nitrogens with zero attached hydrogens (tertiary/aromatic N) is 2. The van der Waals surface area contributed by atoms with E-state index in [-0.39, 0.29) is 11.2 Å². The molecule has 0 atom stereocenters. The van der Waals surface area contributed by atoms with Crippen LogP contribution in [0, 0.1) is 6.92 Å². The fourth-order valence-corrected chi connectivity index (χ4v) is 1.42. The molecule has 0 fully saturated rings. The first-order valence-corrected chi connectivity index (χ1v) is 4.83. The SMILES string of the molecule is Cc1cn(C)c(=O)n1CCC(C)(C)N. The second kappa shape index (κ2) is 3.61. The van der Waals surface area contributed by atoms with Gasteiger partial charge in [-0.05, 0) is 27.2 Å². The summed E-state index contributed by atoms with van der Waals surface area (Å²) < 4.78 is 3.35. The number of imidazole rings is 1. The normalized spacial score (nSPS) is 12.1. The molecule has 0 saturated heterocycles. The van der Waals surface area contributed by atoms with Crippen molar-refractivity contribution in [3.05, 3.63) is 22.4 Å². The number of hydrogen-bond donors (Lipinski definition) is 1. The molecule has 80 valence electrons. The molecule has 1 aromatic heterocycles. The highest BCUT2D eigenvalue weighted by molar-refractivity contribution is 4.97. The topological polar surface area (TPSA) is 53.0 Å². The predicted octanol–water partition coefficient (Wildman–Crippen LogP) is 0.623. The maximum atomic E-state index is 11.6. The third kappa shape index (κ3) is 2.48. The molecule has 2 N–H and O–H groups in total. The summed E-state index contributed by atoms with van der Waals surface area (Å²) in [4.78, 5) is 11.6. The summed E-state index contributed by atoms with van der Waals surface area (Å²) in [6.07, 6.45) is 2.64. The van der Waals surface area contributed by atoms with Gasteiger partial charge in [-0.3, -0.25) is 4.57 Å². The van der Waals surface area contributed by atoms with Gasteiger partial charge in [0.15, 0.2) is 0 Å². The average molecular weight is 197 g/mol. The van der Waals surface area contributed by atoms with Crippen LogP contribution in [0.1, 0.15) is 26.0 Å². The van der Waals surface area contributed by atoms with E-state index >= 15 is 0 Å². The number of nitrogens with two attached hydrogens (primary N) is 1. The van der Waals surface area contributed by atoms with Gasteiger partial charge in [-0.25, -0.2) is 4.79 Å². The van der Waals surface area contributed by atoms with E-state index in [4.69, 9.17) is 5.73 Å². The minimum absolute atomic E-state index is 0.0340. The predicted molar refractivity (Wildman–Crippen MR) is 57.3 cm³/mol. The Kier molecular flexibility index (Phi) is 2.85. The Bertz CT molecular complexity index is 368. The monoisotopic (exact) mass is 197 g/mol. The Labute approximate surface area is 84.3 Å². The molecule has 1 heterocycles. The van der Waals surface area contributed by atoms with Crippen LogP contribution >= 0.6 is 0 Å². The van der Waals surface area contributed by atoms with Crippen LogP contribution in [0.4, 0.5) is 0 Å². The molecule has 0 aromatic carbocycles. The molecule has 0 aliphatic rings. The van der Waals surface area contributed by atoms with E-state index in [1.54, 1.807) is 16.2 Å². The van der Waals surface area contributed by atoms with Crippen molar-refractivity contribution in [3.63, 3.8) is 0 Å². The van der Waals surface area contributed by atoms with Crippen molar-refractivity contribution in [1.29, 1.82) is 0 Å². The van der Waals surface area contributed by atoms with Crippen molar-refractivity contribution in [2.24, 2.45) is 12.8 Å². The highest BCUT2D eigenvalue weighted by Crippen LogP contribution is 2.06. The zero-order valence-corrected chi connectivity index (χ0v) is 9.37. The smallest absolute Gasteiger partial charge is 0.325 e. The molecule has 0 radical (unpaired) electrons. The summed E-state index contributed by atoms with van der Waals surface area (Å²) in [5.74, 6) is 0. The van der Waals surface area contributed by atoms with E-state index in [9.17, 15) is 4.79 Å². The van der Waals surface area contributed by atoms with Crippen molar-refractivity contribution >= 4 is 0 Å². The van der Waals surface area contributed by atoms with Gasteiger partial charge in [-0.1, -0.05) is 0 Å². The Hall–Kier alpha value is -1.03. The van der Waals surface area contributed by atoms with Crippen LogP contribution in [0.15, 0.2) is 11.0 Å². The molecule has 0 amide bonds. The molecule has 4 heteroatoms. The Morgan fingerprint density at radius 2 is 2.07 bits per heavy atom. The largest absolute Gasteiger partial charge is 0.328 e. The second-order valence-electron chi connectivity index (χ2n) is 4.55. The standard InChI is InChI=1S/C10H19N3O/c1-8-7-12(4)9(14)13(8)6-5-10(2,3)11/h7H,5-6,11H2,1-4H3. The van der Waals surface area contributed by atoms with Gasteiger partial charge in [0.2, 0.25) is 0 Å². The minimum Gasteiger partial charge on any atom is -0.325 e. The molecule has 1 aromatic rings. The van der Waals surface area contributed by atoms with Crippen molar-refractivity contribution in [2.45, 2.75) is 39.3 Å². The van der Waals surface area contributed by atoms with E-state index < -0.39 is 0 Å². The zero-order chi connectivity index (χ0) is 10.9. The summed E-state index contributed by atoms with van der Waals surface area (Å²) in [5, 5.41) is 0. The molecule has 14 heavy (non-hydrogen) atoms. The number of rotatable bonds is 3. The molecule has 0 unspecified atom stereocenters. The summed E-state index contributed by atoms with van der Waals surface area (Å²) in [7, 11) is 1.76. The highest BCUT2D eigenvalue weighted by atomic mass is 16.1. The Morgan fingerprint density at radius 3 is 2.43 bits per heavy atom. The molecule has 0 bridgehead atoms. The third-order valence-electron chi connectivity index (χ3n) is 2.32. The van der Waals surface area contributed by atoms with Crippen molar-refractivity contribution in [2.75, 3.05) is 0 Å². The van der Waals surface area contributed by atoms with Gasteiger partial charge in [0.05, 0.1) is 0 Å². The van der Waals surface area contributed by atoms with Crippen LogP contribution in [-0.2, 0) is 13.6 Å². The number of hydrogen-bond acceptors (Lipinski definition) is 2. The summed E-state index contributed by atoms with van der Waals surface area (Å²) in [6, 6.07) is 0. The van der Waals surface area contributed by atoms with E-state index in [0.717, 1.165) is 12.1 Å². The molecule has 0 aliphatic carbocycles. The van der Waals surface area contributed by atoms with Gasteiger partial charge in [-0.2, -0.15) is 0 Å². The van der Waals surface area contributed by atoms with Crippen molar-refractivity contribution < 1.29 is 0 Å². The fourth-order valence-electron chi connectivity index (χ4n) is 1.42. The first-order chi connectivity index (χ1) is 6.31. The lowest BCUT2D eigenvalue weighted by Gasteiger charge is -2.18. The summed E-state index contributed by atoms with van der Waals surface area (Å²) >= 11 is 0. The van der Waals surface area contributed by atoms with Crippen molar-refractivity contribution in [3.8, 4) is 0 Å². The van der Waals surface area contributed by atoms with Gasteiger partial charge < -0.3 is 10.3 Å². The quantitative estimate of drug-likeness (QED) is 0.772. The number of aryl methyl sites for hydroxylation is 2. The molecular weight excluding hydrogens is 178 g/mol. The molecule has 4 nitrogen and oxygen atoms in total. The van der Waals surface area contributed by atoms with E-state index in [2.05, 4.69) is 0 Å². The van der Waals surface area contributed by atoms with Gasteiger partial charge in [-0.15, -0.1) is 0 Å². The van der Waals surface area contributed by atoms with Gasteiger partial charge >= 0.3 is 5.69 Å². The van der Waals surface area contributed by atoms with Crippen LogP contribution in [0.25, 0.3) is 0 Å². The fraction of sp³-hybridized carbons (Fsp3) is 0.700. The Balaban J connectivity index is 2.82. The van der Waals surface area contributed by atoms with E-state index in [0.29, 0.717) is 6.54 Å². The molecule has 0 aliphatic heterocycles. The number of aromatic nitrogens is 2. The van der Waals surface area contributed by atoms with Crippen LogP contribution in [0.2, 0.25) is 0 Å². The molecule has 1 rings (SSSR count). The molecular formula is C10H19N3O. The minimum atomic E-state index is -0.221. The van der Waals surface area contributed by atoms with E-state index in [1.807, 2.05) is 27.0 Å². The molecule has 0 saturated carbocycles. The highest BCUT2D eigenvalue weighted by Gasteiger charge is 2.12. The summed E-state index contributed by atoms with van der Waals surface area (Å²) in [6.45, 7) is 6.56. The van der Waals surface area contributed by atoms with Crippen LogP contribution in [0.5, 0.6) is 0 Å².